The van der Waals surface area contributed by atoms with Crippen molar-refractivity contribution in [1.82, 2.24) is 4.90 Å². The molecule has 3 rings (SSSR count). The van der Waals surface area contributed by atoms with E-state index in [2.05, 4.69) is 30.8 Å². The molecule has 1 amide bonds. The zero-order chi connectivity index (χ0) is 16.2. The maximum Gasteiger partial charge on any atom is 0.411 e. The number of aliphatic hydroxyl groups is 1. The molecular weight excluding hydrogens is 290 g/mol. The lowest BCUT2D eigenvalue weighted by atomic mass is 9.98. The standard InChI is InChI=1S/C19H19NO3/c1-2-11-20(13-21)19(22)23-12-18-16-9-5-3-7-14(16)15-8-4-6-10-17(15)18/h2-10,18,21H,1,11-13H2. The van der Waals surface area contributed by atoms with Crippen LogP contribution in [0.15, 0.2) is 61.2 Å². The quantitative estimate of drug-likeness (QED) is 0.680. The van der Waals surface area contributed by atoms with Gasteiger partial charge in [0.05, 0.1) is 0 Å². The molecule has 0 aliphatic heterocycles. The van der Waals surface area contributed by atoms with Gasteiger partial charge < -0.3 is 9.84 Å². The van der Waals surface area contributed by atoms with Gasteiger partial charge in [0.2, 0.25) is 0 Å². The van der Waals surface area contributed by atoms with E-state index >= 15 is 0 Å². The summed E-state index contributed by atoms with van der Waals surface area (Å²) in [5.41, 5.74) is 4.71. The van der Waals surface area contributed by atoms with Crippen molar-refractivity contribution in [2.45, 2.75) is 5.92 Å². The van der Waals surface area contributed by atoms with Gasteiger partial charge in [0.1, 0.15) is 13.3 Å². The third-order valence-electron chi connectivity index (χ3n) is 4.11. The molecule has 0 saturated heterocycles. The van der Waals surface area contributed by atoms with E-state index in [1.165, 1.54) is 27.2 Å². The van der Waals surface area contributed by atoms with Crippen LogP contribution in [0.2, 0.25) is 0 Å². The Hall–Kier alpha value is -2.59. The average Bonchev–Trinajstić information content (AvgIpc) is 2.91. The Balaban J connectivity index is 1.81. The highest BCUT2D eigenvalue weighted by Crippen LogP contribution is 2.44. The molecule has 1 aliphatic carbocycles. The molecule has 0 atom stereocenters. The second kappa shape index (κ2) is 6.67. The van der Waals surface area contributed by atoms with Crippen molar-refractivity contribution in [3.63, 3.8) is 0 Å². The highest BCUT2D eigenvalue weighted by atomic mass is 16.6. The number of amides is 1. The van der Waals surface area contributed by atoms with Gasteiger partial charge in [-0.25, -0.2) is 4.79 Å². The van der Waals surface area contributed by atoms with Crippen molar-refractivity contribution < 1.29 is 14.6 Å². The van der Waals surface area contributed by atoms with Gasteiger partial charge in [-0.2, -0.15) is 0 Å². The van der Waals surface area contributed by atoms with E-state index in [4.69, 9.17) is 4.74 Å². The van der Waals surface area contributed by atoms with Crippen molar-refractivity contribution in [3.8, 4) is 11.1 Å². The third kappa shape index (κ3) is 2.85. The van der Waals surface area contributed by atoms with Gasteiger partial charge in [-0.3, -0.25) is 4.90 Å². The smallest absolute Gasteiger partial charge is 0.411 e. The number of hydrogen-bond donors (Lipinski definition) is 1. The van der Waals surface area contributed by atoms with Gasteiger partial charge in [0.15, 0.2) is 0 Å². The molecular formula is C19H19NO3. The summed E-state index contributed by atoms with van der Waals surface area (Å²) in [6.45, 7) is 3.69. The Morgan fingerprint density at radius 2 is 1.70 bits per heavy atom. The fraction of sp³-hybridized carbons (Fsp3) is 0.211. The lowest BCUT2D eigenvalue weighted by Gasteiger charge is -2.20. The fourth-order valence-corrected chi connectivity index (χ4v) is 3.03. The van der Waals surface area contributed by atoms with E-state index in [-0.39, 0.29) is 25.8 Å². The van der Waals surface area contributed by atoms with E-state index < -0.39 is 6.09 Å². The number of rotatable bonds is 5. The minimum absolute atomic E-state index is 0.0237. The number of aliphatic hydroxyl groups excluding tert-OH is 1. The first-order valence-corrected chi connectivity index (χ1v) is 7.58. The molecule has 0 fully saturated rings. The van der Waals surface area contributed by atoms with Gasteiger partial charge in [-0.1, -0.05) is 54.6 Å². The molecule has 4 nitrogen and oxygen atoms in total. The summed E-state index contributed by atoms with van der Waals surface area (Å²) in [6.07, 6.45) is 1.02. The summed E-state index contributed by atoms with van der Waals surface area (Å²) in [5.74, 6) is 0.0237. The molecule has 2 aromatic rings. The van der Waals surface area contributed by atoms with Gasteiger partial charge in [0, 0.05) is 12.5 Å². The summed E-state index contributed by atoms with van der Waals surface area (Å²) in [5, 5.41) is 9.21. The molecule has 0 bridgehead atoms. The normalized spacial score (nSPS) is 12.4. The van der Waals surface area contributed by atoms with Crippen molar-refractivity contribution in [2.75, 3.05) is 19.9 Å². The Kier molecular flexibility index (Phi) is 4.44. The molecule has 0 aromatic heterocycles. The van der Waals surface area contributed by atoms with Gasteiger partial charge in [-0.15, -0.1) is 6.58 Å². The van der Waals surface area contributed by atoms with Crippen LogP contribution in [0.3, 0.4) is 0 Å². The summed E-state index contributed by atoms with van der Waals surface area (Å²) in [6, 6.07) is 16.3. The molecule has 0 saturated carbocycles. The summed E-state index contributed by atoms with van der Waals surface area (Å²) >= 11 is 0. The number of benzene rings is 2. The first kappa shape index (κ1) is 15.3. The Labute approximate surface area is 135 Å². The molecule has 1 N–H and O–H groups in total. The number of nitrogens with zero attached hydrogens (tertiary/aromatic N) is 1. The molecule has 2 aromatic carbocycles. The number of fused-ring (bicyclic) bond motifs is 3. The van der Waals surface area contributed by atoms with Crippen LogP contribution in [0.1, 0.15) is 17.0 Å². The lowest BCUT2D eigenvalue weighted by Crippen LogP contribution is -2.33. The molecule has 0 unspecified atom stereocenters. The highest BCUT2D eigenvalue weighted by Gasteiger charge is 2.29. The SMILES string of the molecule is C=CCN(CO)C(=O)OCC1c2ccccc2-c2ccccc21. The number of carbonyl (C=O) groups is 1. The van der Waals surface area contributed by atoms with E-state index in [9.17, 15) is 9.90 Å². The summed E-state index contributed by atoms with van der Waals surface area (Å²) < 4.78 is 5.42. The molecule has 0 heterocycles. The minimum Gasteiger partial charge on any atom is -0.448 e. The van der Waals surface area contributed by atoms with Crippen molar-refractivity contribution in [1.29, 1.82) is 0 Å². The maximum absolute atomic E-state index is 12.0. The van der Waals surface area contributed by atoms with E-state index in [1.807, 2.05) is 24.3 Å². The molecule has 0 spiro atoms. The Morgan fingerprint density at radius 1 is 1.13 bits per heavy atom. The number of ether oxygens (including phenoxy) is 1. The van der Waals surface area contributed by atoms with Crippen LogP contribution in [0.4, 0.5) is 4.79 Å². The predicted molar refractivity (Wildman–Crippen MR) is 89.1 cm³/mol. The van der Waals surface area contributed by atoms with E-state index in [0.29, 0.717) is 0 Å². The highest BCUT2D eigenvalue weighted by molar-refractivity contribution is 5.79. The molecule has 118 valence electrons. The van der Waals surface area contributed by atoms with Crippen molar-refractivity contribution in [2.24, 2.45) is 0 Å². The first-order chi connectivity index (χ1) is 11.3. The van der Waals surface area contributed by atoms with Crippen LogP contribution < -0.4 is 0 Å². The zero-order valence-electron chi connectivity index (χ0n) is 12.8. The summed E-state index contributed by atoms with van der Waals surface area (Å²) in [4.78, 5) is 13.2. The van der Waals surface area contributed by atoms with Crippen molar-refractivity contribution >= 4 is 6.09 Å². The summed E-state index contributed by atoms with van der Waals surface area (Å²) in [7, 11) is 0. The zero-order valence-corrected chi connectivity index (χ0v) is 12.8. The van der Waals surface area contributed by atoms with Crippen LogP contribution in [-0.2, 0) is 4.74 Å². The van der Waals surface area contributed by atoms with Crippen LogP contribution in [0, 0.1) is 0 Å². The van der Waals surface area contributed by atoms with Gasteiger partial charge in [0.25, 0.3) is 0 Å². The molecule has 1 aliphatic rings. The molecule has 23 heavy (non-hydrogen) atoms. The van der Waals surface area contributed by atoms with Crippen LogP contribution >= 0.6 is 0 Å². The molecule has 0 radical (unpaired) electrons. The van der Waals surface area contributed by atoms with Crippen LogP contribution in [-0.4, -0.2) is 36.0 Å². The number of carbonyl (C=O) groups excluding carboxylic acids is 1. The monoisotopic (exact) mass is 309 g/mol. The van der Waals surface area contributed by atoms with E-state index in [0.717, 1.165) is 0 Å². The molecule has 4 heteroatoms. The Morgan fingerprint density at radius 3 is 2.22 bits per heavy atom. The maximum atomic E-state index is 12.0. The van der Waals surface area contributed by atoms with Crippen LogP contribution in [0.5, 0.6) is 0 Å². The minimum atomic E-state index is -0.533. The van der Waals surface area contributed by atoms with E-state index in [1.54, 1.807) is 6.08 Å². The Bertz CT molecular complexity index is 681. The van der Waals surface area contributed by atoms with Crippen molar-refractivity contribution in [3.05, 3.63) is 72.3 Å². The van der Waals surface area contributed by atoms with Gasteiger partial charge >= 0.3 is 6.09 Å². The van der Waals surface area contributed by atoms with Crippen LogP contribution in [0.25, 0.3) is 11.1 Å². The first-order valence-electron chi connectivity index (χ1n) is 7.58. The van der Waals surface area contributed by atoms with Gasteiger partial charge in [-0.05, 0) is 22.3 Å². The average molecular weight is 309 g/mol. The number of hydrogen-bond acceptors (Lipinski definition) is 3. The largest absolute Gasteiger partial charge is 0.448 e. The predicted octanol–water partition coefficient (Wildman–Crippen LogP) is 3.37. The second-order valence-electron chi connectivity index (χ2n) is 5.46. The topological polar surface area (TPSA) is 49.8 Å². The fourth-order valence-electron chi connectivity index (χ4n) is 3.03. The third-order valence-corrected chi connectivity index (χ3v) is 4.11. The lowest BCUT2D eigenvalue weighted by molar-refractivity contribution is 0.0663. The second-order valence-corrected chi connectivity index (χ2v) is 5.46.